The largest absolute Gasteiger partial charge is 0.468 e. The predicted octanol–water partition coefficient (Wildman–Crippen LogP) is 2.79. The van der Waals surface area contributed by atoms with Crippen LogP contribution in [0.3, 0.4) is 0 Å². The van der Waals surface area contributed by atoms with Crippen LogP contribution in [0.4, 0.5) is 5.69 Å². The second-order valence-corrected chi connectivity index (χ2v) is 8.82. The van der Waals surface area contributed by atoms with E-state index in [-0.39, 0.29) is 16.1 Å². The van der Waals surface area contributed by atoms with Crippen molar-refractivity contribution in [1.29, 1.82) is 0 Å². The van der Waals surface area contributed by atoms with Crippen molar-refractivity contribution >= 4 is 33.4 Å². The molecule has 0 radical (unpaired) electrons. The molecule has 0 fully saturated rings. The second-order valence-electron chi connectivity index (χ2n) is 5.34. The minimum absolute atomic E-state index is 0.140. The Hall–Kier alpha value is -1.77. The number of nitrogens with one attached hydrogen (secondary N) is 1. The van der Waals surface area contributed by atoms with Crippen molar-refractivity contribution in [3.8, 4) is 0 Å². The second kappa shape index (κ2) is 7.87. The van der Waals surface area contributed by atoms with E-state index in [0.29, 0.717) is 11.4 Å². The van der Waals surface area contributed by atoms with Gasteiger partial charge in [0.25, 0.3) is 0 Å². The van der Waals surface area contributed by atoms with E-state index in [1.807, 2.05) is 6.07 Å². The first kappa shape index (κ1) is 18.6. The lowest BCUT2D eigenvalue weighted by Gasteiger charge is -2.14. The Morgan fingerprint density at radius 1 is 1.29 bits per heavy atom. The molecule has 0 saturated carbocycles. The molecule has 1 aromatic heterocycles. The number of thioether (sulfide) groups is 1. The molecule has 1 N–H and O–H groups in total. The SMILES string of the molecule is CC(SCc1ccco1)C(=O)Nc1cccc(S(=O)(=O)N(C)C)c1. The molecular weight excluding hydrogens is 348 g/mol. The number of carbonyl (C=O) groups is 1. The topological polar surface area (TPSA) is 79.6 Å². The molecule has 1 heterocycles. The maximum Gasteiger partial charge on any atom is 0.242 e. The molecule has 0 bridgehead atoms. The van der Waals surface area contributed by atoms with Gasteiger partial charge in [-0.05, 0) is 37.3 Å². The third kappa shape index (κ3) is 4.62. The Balaban J connectivity index is 2.01. The zero-order valence-corrected chi connectivity index (χ0v) is 15.4. The van der Waals surface area contributed by atoms with Crippen LogP contribution in [0.25, 0.3) is 0 Å². The number of hydrogen-bond donors (Lipinski definition) is 1. The smallest absolute Gasteiger partial charge is 0.242 e. The quantitative estimate of drug-likeness (QED) is 0.813. The first-order chi connectivity index (χ1) is 11.3. The monoisotopic (exact) mass is 368 g/mol. The van der Waals surface area contributed by atoms with Crippen molar-refractivity contribution in [3.05, 3.63) is 48.4 Å². The minimum atomic E-state index is -3.53. The molecule has 1 amide bonds. The molecular formula is C16H20N2O4S2. The normalized spacial score (nSPS) is 13.0. The van der Waals surface area contributed by atoms with Crippen LogP contribution in [0.2, 0.25) is 0 Å². The summed E-state index contributed by atoms with van der Waals surface area (Å²) in [6.07, 6.45) is 1.59. The Morgan fingerprint density at radius 2 is 2.04 bits per heavy atom. The van der Waals surface area contributed by atoms with Crippen LogP contribution in [0, 0.1) is 0 Å². The van der Waals surface area contributed by atoms with Crippen molar-refractivity contribution in [3.63, 3.8) is 0 Å². The molecule has 0 aliphatic heterocycles. The molecule has 0 aliphatic carbocycles. The van der Waals surface area contributed by atoms with E-state index >= 15 is 0 Å². The molecule has 1 aromatic carbocycles. The maximum absolute atomic E-state index is 12.2. The van der Waals surface area contributed by atoms with E-state index in [1.165, 1.54) is 38.0 Å². The molecule has 130 valence electrons. The molecule has 0 saturated heterocycles. The van der Waals surface area contributed by atoms with Gasteiger partial charge in [0.05, 0.1) is 22.2 Å². The number of nitrogens with zero attached hydrogens (tertiary/aromatic N) is 1. The van der Waals surface area contributed by atoms with E-state index in [1.54, 1.807) is 31.4 Å². The lowest BCUT2D eigenvalue weighted by molar-refractivity contribution is -0.115. The van der Waals surface area contributed by atoms with Crippen LogP contribution in [0.1, 0.15) is 12.7 Å². The van der Waals surface area contributed by atoms with E-state index in [2.05, 4.69) is 5.32 Å². The van der Waals surface area contributed by atoms with Gasteiger partial charge in [0.1, 0.15) is 5.76 Å². The average Bonchev–Trinajstić information content (AvgIpc) is 3.06. The number of furan rings is 1. The summed E-state index contributed by atoms with van der Waals surface area (Å²) >= 11 is 1.44. The summed E-state index contributed by atoms with van der Waals surface area (Å²) in [4.78, 5) is 12.4. The Morgan fingerprint density at radius 3 is 2.67 bits per heavy atom. The van der Waals surface area contributed by atoms with Gasteiger partial charge in [-0.2, -0.15) is 0 Å². The Bertz CT molecular complexity index is 786. The van der Waals surface area contributed by atoms with Crippen LogP contribution in [-0.2, 0) is 20.6 Å². The van der Waals surface area contributed by atoms with Gasteiger partial charge >= 0.3 is 0 Å². The molecule has 2 aromatic rings. The molecule has 8 heteroatoms. The summed E-state index contributed by atoms with van der Waals surface area (Å²) in [5.74, 6) is 1.21. The number of carbonyl (C=O) groups excluding carboxylic acids is 1. The lowest BCUT2D eigenvalue weighted by atomic mass is 10.3. The molecule has 0 spiro atoms. The van der Waals surface area contributed by atoms with Gasteiger partial charge in [0.15, 0.2) is 0 Å². The van der Waals surface area contributed by atoms with Crippen LogP contribution < -0.4 is 5.32 Å². The fourth-order valence-corrected chi connectivity index (χ4v) is 3.60. The number of rotatable bonds is 7. The summed E-state index contributed by atoms with van der Waals surface area (Å²) in [5.41, 5.74) is 0.452. The number of hydrogen-bond acceptors (Lipinski definition) is 5. The molecule has 24 heavy (non-hydrogen) atoms. The maximum atomic E-state index is 12.2. The highest BCUT2D eigenvalue weighted by Crippen LogP contribution is 2.21. The van der Waals surface area contributed by atoms with Gasteiger partial charge < -0.3 is 9.73 Å². The fraction of sp³-hybridized carbons (Fsp3) is 0.312. The van der Waals surface area contributed by atoms with E-state index < -0.39 is 10.0 Å². The van der Waals surface area contributed by atoms with Gasteiger partial charge in [-0.1, -0.05) is 6.07 Å². The first-order valence-corrected chi connectivity index (χ1v) is 9.77. The van der Waals surface area contributed by atoms with Crippen molar-refractivity contribution in [2.45, 2.75) is 22.8 Å². The highest BCUT2D eigenvalue weighted by molar-refractivity contribution is 7.99. The minimum Gasteiger partial charge on any atom is -0.468 e. The Kier molecular flexibility index (Phi) is 6.09. The van der Waals surface area contributed by atoms with Crippen molar-refractivity contribution in [2.24, 2.45) is 0 Å². The van der Waals surface area contributed by atoms with E-state index in [0.717, 1.165) is 10.1 Å². The molecule has 1 atom stereocenters. The van der Waals surface area contributed by atoms with Crippen LogP contribution >= 0.6 is 11.8 Å². The highest BCUT2D eigenvalue weighted by atomic mass is 32.2. The van der Waals surface area contributed by atoms with Crippen molar-refractivity contribution in [2.75, 3.05) is 19.4 Å². The lowest BCUT2D eigenvalue weighted by Crippen LogP contribution is -2.24. The number of sulfonamides is 1. The van der Waals surface area contributed by atoms with Gasteiger partial charge in [-0.3, -0.25) is 4.79 Å². The third-order valence-electron chi connectivity index (χ3n) is 3.31. The zero-order valence-electron chi connectivity index (χ0n) is 13.7. The fourth-order valence-electron chi connectivity index (χ4n) is 1.87. The van der Waals surface area contributed by atoms with Gasteiger partial charge in [0.2, 0.25) is 15.9 Å². The number of amides is 1. The number of anilines is 1. The highest BCUT2D eigenvalue weighted by Gasteiger charge is 2.19. The van der Waals surface area contributed by atoms with Crippen LogP contribution in [0.5, 0.6) is 0 Å². The summed E-state index contributed by atoms with van der Waals surface area (Å²) < 4.78 is 30.6. The van der Waals surface area contributed by atoms with Crippen LogP contribution in [0.15, 0.2) is 52.0 Å². The van der Waals surface area contributed by atoms with Gasteiger partial charge in [-0.15, -0.1) is 11.8 Å². The zero-order chi connectivity index (χ0) is 17.7. The Labute approximate surface area is 146 Å². The molecule has 2 rings (SSSR count). The van der Waals surface area contributed by atoms with E-state index in [4.69, 9.17) is 4.42 Å². The van der Waals surface area contributed by atoms with Gasteiger partial charge in [0, 0.05) is 19.8 Å². The summed E-state index contributed by atoms with van der Waals surface area (Å²) in [6.45, 7) is 1.79. The predicted molar refractivity (Wildman–Crippen MR) is 95.4 cm³/mol. The summed E-state index contributed by atoms with van der Waals surface area (Å²) in [6, 6.07) is 9.88. The summed E-state index contributed by atoms with van der Waals surface area (Å²) in [5, 5.41) is 2.45. The standard InChI is InChI=1S/C16H20N2O4S2/c1-12(23-11-14-7-5-9-22-14)16(19)17-13-6-4-8-15(10-13)24(20,21)18(2)3/h4-10,12H,11H2,1-3H3,(H,17,19). The third-order valence-corrected chi connectivity index (χ3v) is 6.28. The number of benzene rings is 1. The van der Waals surface area contributed by atoms with E-state index in [9.17, 15) is 13.2 Å². The molecule has 0 aliphatic rings. The molecule has 6 nitrogen and oxygen atoms in total. The molecule has 1 unspecified atom stereocenters. The van der Waals surface area contributed by atoms with Gasteiger partial charge in [-0.25, -0.2) is 12.7 Å². The van der Waals surface area contributed by atoms with Crippen molar-refractivity contribution in [1.82, 2.24) is 4.31 Å². The van der Waals surface area contributed by atoms with Crippen molar-refractivity contribution < 1.29 is 17.6 Å². The first-order valence-electron chi connectivity index (χ1n) is 7.28. The van der Waals surface area contributed by atoms with Crippen LogP contribution in [-0.4, -0.2) is 38.0 Å². The summed E-state index contributed by atoms with van der Waals surface area (Å²) in [7, 11) is -0.598. The average molecular weight is 368 g/mol.